The molecular formula is C17H25N. The van der Waals surface area contributed by atoms with E-state index in [1.807, 2.05) is 0 Å². The second kappa shape index (κ2) is 4.38. The summed E-state index contributed by atoms with van der Waals surface area (Å²) in [6.45, 7) is 9.16. The molecule has 1 saturated carbocycles. The molecule has 1 N–H and O–H groups in total. The number of rotatable bonds is 4. The van der Waals surface area contributed by atoms with E-state index in [1.54, 1.807) is 11.1 Å². The SMILES string of the molecule is Cc1ccc2c(c1)C1(CC2)CC1CNCC(C)C. The van der Waals surface area contributed by atoms with Gasteiger partial charge in [-0.25, -0.2) is 0 Å². The number of benzene rings is 1. The molecule has 0 radical (unpaired) electrons. The van der Waals surface area contributed by atoms with Crippen molar-refractivity contribution in [2.75, 3.05) is 13.1 Å². The van der Waals surface area contributed by atoms with E-state index in [9.17, 15) is 0 Å². The zero-order valence-electron chi connectivity index (χ0n) is 11.9. The molecule has 0 aliphatic heterocycles. The fraction of sp³-hybridized carbons (Fsp3) is 0.647. The molecule has 2 unspecified atom stereocenters. The van der Waals surface area contributed by atoms with Crippen LogP contribution in [0.1, 0.15) is 43.4 Å². The van der Waals surface area contributed by atoms with Crippen LogP contribution in [-0.2, 0) is 11.8 Å². The molecule has 3 rings (SSSR count). The van der Waals surface area contributed by atoms with E-state index < -0.39 is 0 Å². The first-order valence-electron chi connectivity index (χ1n) is 7.42. The standard InChI is InChI=1S/C17H25N/c1-12(2)10-18-11-15-9-17(15)7-6-14-5-4-13(3)8-16(14)17/h4-5,8,12,15,18H,6-7,9-11H2,1-3H3. The van der Waals surface area contributed by atoms with E-state index in [0.29, 0.717) is 5.41 Å². The summed E-state index contributed by atoms with van der Waals surface area (Å²) >= 11 is 0. The molecule has 2 aliphatic rings. The van der Waals surface area contributed by atoms with Crippen molar-refractivity contribution in [1.29, 1.82) is 0 Å². The van der Waals surface area contributed by atoms with Gasteiger partial charge < -0.3 is 5.32 Å². The fourth-order valence-electron chi connectivity index (χ4n) is 3.69. The molecule has 2 atom stereocenters. The van der Waals surface area contributed by atoms with Crippen molar-refractivity contribution in [3.63, 3.8) is 0 Å². The van der Waals surface area contributed by atoms with Gasteiger partial charge >= 0.3 is 0 Å². The van der Waals surface area contributed by atoms with Crippen LogP contribution in [0.2, 0.25) is 0 Å². The normalized spacial score (nSPS) is 29.0. The third-order valence-electron chi connectivity index (χ3n) is 4.82. The van der Waals surface area contributed by atoms with E-state index in [2.05, 4.69) is 44.3 Å². The predicted octanol–water partition coefficient (Wildman–Crippen LogP) is 3.44. The maximum atomic E-state index is 3.64. The molecule has 0 bridgehead atoms. The molecule has 1 aromatic carbocycles. The van der Waals surface area contributed by atoms with Crippen molar-refractivity contribution in [3.8, 4) is 0 Å². The van der Waals surface area contributed by atoms with E-state index in [1.165, 1.54) is 31.4 Å². The quantitative estimate of drug-likeness (QED) is 0.854. The van der Waals surface area contributed by atoms with Gasteiger partial charge in [0.15, 0.2) is 0 Å². The molecule has 98 valence electrons. The Morgan fingerprint density at radius 2 is 2.22 bits per heavy atom. The number of nitrogens with one attached hydrogen (secondary N) is 1. The summed E-state index contributed by atoms with van der Waals surface area (Å²) in [6.07, 6.45) is 4.10. The molecule has 2 aliphatic carbocycles. The molecule has 1 fully saturated rings. The zero-order valence-corrected chi connectivity index (χ0v) is 11.9. The van der Waals surface area contributed by atoms with Gasteiger partial charge in [0.25, 0.3) is 0 Å². The van der Waals surface area contributed by atoms with Crippen molar-refractivity contribution in [2.24, 2.45) is 11.8 Å². The maximum Gasteiger partial charge on any atom is 0.000306 e. The minimum absolute atomic E-state index is 0.561. The van der Waals surface area contributed by atoms with Crippen LogP contribution in [-0.4, -0.2) is 13.1 Å². The Kier molecular flexibility index (Phi) is 2.97. The average molecular weight is 243 g/mol. The Morgan fingerprint density at radius 1 is 1.39 bits per heavy atom. The summed E-state index contributed by atoms with van der Waals surface area (Å²) < 4.78 is 0. The number of hydrogen-bond donors (Lipinski definition) is 1. The highest BCUT2D eigenvalue weighted by Gasteiger charge is 2.57. The van der Waals surface area contributed by atoms with Crippen LogP contribution >= 0.6 is 0 Å². The van der Waals surface area contributed by atoms with Gasteiger partial charge in [0, 0.05) is 5.41 Å². The molecular weight excluding hydrogens is 218 g/mol. The number of fused-ring (bicyclic) bond motifs is 2. The lowest BCUT2D eigenvalue weighted by atomic mass is 9.94. The van der Waals surface area contributed by atoms with Crippen LogP contribution in [0.5, 0.6) is 0 Å². The van der Waals surface area contributed by atoms with E-state index in [4.69, 9.17) is 0 Å². The van der Waals surface area contributed by atoms with Crippen molar-refractivity contribution >= 4 is 0 Å². The van der Waals surface area contributed by atoms with Crippen molar-refractivity contribution in [1.82, 2.24) is 5.32 Å². The first-order valence-corrected chi connectivity index (χ1v) is 7.42. The van der Waals surface area contributed by atoms with E-state index in [-0.39, 0.29) is 0 Å². The molecule has 1 aromatic rings. The molecule has 0 aromatic heterocycles. The lowest BCUT2D eigenvalue weighted by molar-refractivity contribution is 0.503. The highest BCUT2D eigenvalue weighted by Crippen LogP contribution is 2.61. The predicted molar refractivity (Wildman–Crippen MR) is 77.0 cm³/mol. The monoisotopic (exact) mass is 243 g/mol. The molecule has 18 heavy (non-hydrogen) atoms. The van der Waals surface area contributed by atoms with Crippen LogP contribution in [0.15, 0.2) is 18.2 Å². The minimum Gasteiger partial charge on any atom is -0.316 e. The topological polar surface area (TPSA) is 12.0 Å². The molecule has 0 saturated heterocycles. The smallest absolute Gasteiger partial charge is 0.000306 e. The molecule has 0 heterocycles. The van der Waals surface area contributed by atoms with Gasteiger partial charge in [0.2, 0.25) is 0 Å². The van der Waals surface area contributed by atoms with Gasteiger partial charge in [-0.05, 0) is 62.2 Å². The van der Waals surface area contributed by atoms with Crippen LogP contribution in [0, 0.1) is 18.8 Å². The maximum absolute atomic E-state index is 3.64. The lowest BCUT2D eigenvalue weighted by Crippen LogP contribution is -2.24. The van der Waals surface area contributed by atoms with Crippen molar-refractivity contribution in [2.45, 2.75) is 45.4 Å². The van der Waals surface area contributed by atoms with Crippen LogP contribution in [0.3, 0.4) is 0 Å². The van der Waals surface area contributed by atoms with Gasteiger partial charge in [0.1, 0.15) is 0 Å². The van der Waals surface area contributed by atoms with E-state index in [0.717, 1.165) is 18.4 Å². The van der Waals surface area contributed by atoms with Gasteiger partial charge in [-0.3, -0.25) is 0 Å². The molecule has 1 heteroatoms. The molecule has 0 amide bonds. The number of aryl methyl sites for hydroxylation is 2. The highest BCUT2D eigenvalue weighted by atomic mass is 14.9. The Morgan fingerprint density at radius 3 is 3.00 bits per heavy atom. The Labute approximate surface area is 111 Å². The largest absolute Gasteiger partial charge is 0.316 e. The average Bonchev–Trinajstić information content (AvgIpc) is 2.89. The number of hydrogen-bond acceptors (Lipinski definition) is 1. The zero-order chi connectivity index (χ0) is 12.8. The van der Waals surface area contributed by atoms with Crippen molar-refractivity contribution < 1.29 is 0 Å². The first kappa shape index (κ1) is 12.2. The van der Waals surface area contributed by atoms with Gasteiger partial charge in [-0.1, -0.05) is 37.6 Å². The summed E-state index contributed by atoms with van der Waals surface area (Å²) in [6, 6.07) is 7.08. The Bertz CT molecular complexity index is 449. The van der Waals surface area contributed by atoms with Crippen LogP contribution in [0.4, 0.5) is 0 Å². The second-order valence-corrected chi connectivity index (χ2v) is 6.77. The second-order valence-electron chi connectivity index (χ2n) is 6.77. The summed E-state index contributed by atoms with van der Waals surface area (Å²) in [5.74, 6) is 1.65. The Hall–Kier alpha value is -0.820. The third kappa shape index (κ3) is 1.99. The first-order chi connectivity index (χ1) is 8.62. The molecule has 1 nitrogen and oxygen atoms in total. The van der Waals surface area contributed by atoms with Crippen LogP contribution in [0.25, 0.3) is 0 Å². The molecule has 1 spiro atoms. The summed E-state index contributed by atoms with van der Waals surface area (Å²) in [5, 5.41) is 3.64. The van der Waals surface area contributed by atoms with E-state index >= 15 is 0 Å². The van der Waals surface area contributed by atoms with Gasteiger partial charge in [-0.2, -0.15) is 0 Å². The van der Waals surface area contributed by atoms with Crippen LogP contribution < -0.4 is 5.32 Å². The third-order valence-corrected chi connectivity index (χ3v) is 4.82. The lowest BCUT2D eigenvalue weighted by Gasteiger charge is -2.13. The van der Waals surface area contributed by atoms with Gasteiger partial charge in [-0.15, -0.1) is 0 Å². The summed E-state index contributed by atoms with van der Waals surface area (Å²) in [4.78, 5) is 0. The van der Waals surface area contributed by atoms with Crippen molar-refractivity contribution in [3.05, 3.63) is 34.9 Å². The highest BCUT2D eigenvalue weighted by molar-refractivity contribution is 5.47. The fourth-order valence-corrected chi connectivity index (χ4v) is 3.69. The minimum atomic E-state index is 0.561. The van der Waals surface area contributed by atoms with Gasteiger partial charge in [0.05, 0.1) is 0 Å². The Balaban J connectivity index is 1.68. The summed E-state index contributed by atoms with van der Waals surface area (Å²) in [7, 11) is 0. The summed E-state index contributed by atoms with van der Waals surface area (Å²) in [5.41, 5.74) is 5.28.